The summed E-state index contributed by atoms with van der Waals surface area (Å²) in [6.45, 7) is 2.39. The van der Waals surface area contributed by atoms with Gasteiger partial charge in [-0.15, -0.1) is 5.10 Å². The smallest absolute Gasteiger partial charge is 0.312 e. The molecule has 3 fully saturated rings. The van der Waals surface area contributed by atoms with Crippen LogP contribution in [-0.2, 0) is 30.5 Å². The number of hydrogen-bond acceptors (Lipinski definition) is 8. The molecule has 1 aromatic carbocycles. The Hall–Kier alpha value is -2.57. The molecule has 0 radical (unpaired) electrons. The monoisotopic (exact) mass is 563 g/mol. The number of nitrogens with one attached hydrogen (secondary N) is 1. The second kappa shape index (κ2) is 10.1. The van der Waals surface area contributed by atoms with Crippen molar-refractivity contribution >= 4 is 44.7 Å². The number of likely N-dealkylation sites (tertiary alicyclic amines) is 1. The number of fused-ring (bicyclic) bond motifs is 2. The number of ether oxygens (including phenoxy) is 2. The standard InChI is InChI=1S/C24H30BrN5O6/c1-2-35-23(34)17-18-22(33)29(10-6-3-7-11-31)20(24(18)12-14(25)19(17)36-24)21(32)26-13-30-16-9-5-4-8-15(16)27-28-30/h4-5,8-9,14,17-20,31H,2-3,6-7,10-13H2,1H3,(H,26,32)/t14?,17-,18+,19-,20-,24+/m0/s1. The number of rotatable bonds is 10. The number of esters is 1. The highest BCUT2D eigenvalue weighted by atomic mass is 79.9. The minimum absolute atomic E-state index is 0.0667. The minimum atomic E-state index is -1.13. The Balaban J connectivity index is 1.43. The number of aromatic nitrogens is 3. The lowest BCUT2D eigenvalue weighted by atomic mass is 9.70. The van der Waals surface area contributed by atoms with Gasteiger partial charge in [0.1, 0.15) is 23.8 Å². The minimum Gasteiger partial charge on any atom is -0.466 e. The number of hydrogen-bond donors (Lipinski definition) is 2. The fraction of sp³-hybridized carbons (Fsp3) is 0.625. The predicted molar refractivity (Wildman–Crippen MR) is 131 cm³/mol. The third-order valence-corrected chi connectivity index (χ3v) is 8.32. The Morgan fingerprint density at radius 3 is 2.89 bits per heavy atom. The van der Waals surface area contributed by atoms with Crippen molar-refractivity contribution in [1.29, 1.82) is 0 Å². The summed E-state index contributed by atoms with van der Waals surface area (Å²) in [5.41, 5.74) is 0.362. The van der Waals surface area contributed by atoms with E-state index in [1.54, 1.807) is 16.5 Å². The topological polar surface area (TPSA) is 136 Å². The normalized spacial score (nSPS) is 30.7. The van der Waals surface area contributed by atoms with E-state index in [-0.39, 0.29) is 36.5 Å². The van der Waals surface area contributed by atoms with Gasteiger partial charge in [-0.25, -0.2) is 4.68 Å². The molecule has 3 saturated heterocycles. The van der Waals surface area contributed by atoms with Gasteiger partial charge in [0, 0.05) is 18.0 Å². The quantitative estimate of drug-likeness (QED) is 0.248. The Morgan fingerprint density at radius 2 is 2.11 bits per heavy atom. The Bertz CT molecular complexity index is 1160. The van der Waals surface area contributed by atoms with Crippen LogP contribution in [0.3, 0.4) is 0 Å². The lowest BCUT2D eigenvalue weighted by Gasteiger charge is -2.34. The summed E-state index contributed by atoms with van der Waals surface area (Å²) in [7, 11) is 0. The molecule has 0 saturated carbocycles. The molecule has 0 aliphatic carbocycles. The largest absolute Gasteiger partial charge is 0.466 e. The first-order valence-corrected chi connectivity index (χ1v) is 13.3. The molecule has 2 amide bonds. The van der Waals surface area contributed by atoms with E-state index in [9.17, 15) is 14.4 Å². The van der Waals surface area contributed by atoms with E-state index in [1.807, 2.05) is 24.3 Å². The van der Waals surface area contributed by atoms with Gasteiger partial charge in [-0.05, 0) is 44.7 Å². The first kappa shape index (κ1) is 25.1. The number of carbonyl (C=O) groups is 3. The molecule has 36 heavy (non-hydrogen) atoms. The highest BCUT2D eigenvalue weighted by molar-refractivity contribution is 9.09. The zero-order chi connectivity index (χ0) is 25.4. The highest BCUT2D eigenvalue weighted by Gasteiger charge is 2.76. The number of benzene rings is 1. The molecule has 5 rings (SSSR count). The van der Waals surface area contributed by atoms with Gasteiger partial charge in [-0.3, -0.25) is 14.4 Å². The van der Waals surface area contributed by atoms with Crippen LogP contribution >= 0.6 is 15.9 Å². The summed E-state index contributed by atoms with van der Waals surface area (Å²) < 4.78 is 13.3. The van der Waals surface area contributed by atoms with Crippen LogP contribution in [-0.4, -0.2) is 85.1 Å². The van der Waals surface area contributed by atoms with E-state index < -0.39 is 35.6 Å². The maximum absolute atomic E-state index is 13.7. The molecule has 4 heterocycles. The average Bonchev–Trinajstić information content (AvgIpc) is 3.58. The van der Waals surface area contributed by atoms with Gasteiger partial charge in [-0.1, -0.05) is 33.3 Å². The summed E-state index contributed by atoms with van der Waals surface area (Å²) in [5, 5.41) is 20.3. The van der Waals surface area contributed by atoms with Gasteiger partial charge in [0.2, 0.25) is 11.8 Å². The van der Waals surface area contributed by atoms with Crippen molar-refractivity contribution in [2.75, 3.05) is 19.8 Å². The Kier molecular flexibility index (Phi) is 7.01. The number of halogens is 1. The van der Waals surface area contributed by atoms with Gasteiger partial charge in [0.25, 0.3) is 0 Å². The lowest BCUT2D eigenvalue weighted by molar-refractivity contribution is -0.154. The first-order chi connectivity index (χ1) is 17.4. The SMILES string of the molecule is CCOC(=O)[C@@H]1[C@H]2O[C@@]3(CC2Br)[C@H](C(=O)NCn2nnc4ccccc42)N(CCCCCO)C(=O)[C@@H]13. The van der Waals surface area contributed by atoms with Crippen molar-refractivity contribution in [2.24, 2.45) is 11.8 Å². The van der Waals surface area contributed by atoms with Gasteiger partial charge in [-0.2, -0.15) is 0 Å². The van der Waals surface area contributed by atoms with Crippen LogP contribution in [0, 0.1) is 11.8 Å². The van der Waals surface area contributed by atoms with Crippen LogP contribution in [0.1, 0.15) is 32.6 Å². The van der Waals surface area contributed by atoms with E-state index in [0.29, 0.717) is 37.7 Å². The van der Waals surface area contributed by atoms with Crippen molar-refractivity contribution < 1.29 is 29.0 Å². The summed E-state index contributed by atoms with van der Waals surface area (Å²) in [6.07, 6.45) is 1.84. The molecule has 12 heteroatoms. The highest BCUT2D eigenvalue weighted by Crippen LogP contribution is 2.60. The van der Waals surface area contributed by atoms with Crippen LogP contribution in [0.5, 0.6) is 0 Å². The van der Waals surface area contributed by atoms with Crippen molar-refractivity contribution in [1.82, 2.24) is 25.2 Å². The zero-order valence-electron chi connectivity index (χ0n) is 20.0. The first-order valence-electron chi connectivity index (χ1n) is 12.4. The predicted octanol–water partition coefficient (Wildman–Crippen LogP) is 0.979. The van der Waals surface area contributed by atoms with Crippen LogP contribution < -0.4 is 5.32 Å². The van der Waals surface area contributed by atoms with Crippen molar-refractivity contribution in [3.8, 4) is 0 Å². The van der Waals surface area contributed by atoms with E-state index in [0.717, 1.165) is 5.52 Å². The van der Waals surface area contributed by atoms with Crippen molar-refractivity contribution in [2.45, 2.75) is 61.8 Å². The van der Waals surface area contributed by atoms with Crippen LogP contribution in [0.4, 0.5) is 0 Å². The third-order valence-electron chi connectivity index (χ3n) is 7.48. The Labute approximate surface area is 216 Å². The van der Waals surface area contributed by atoms with Gasteiger partial charge < -0.3 is 24.8 Å². The lowest BCUT2D eigenvalue weighted by Crippen LogP contribution is -2.56. The van der Waals surface area contributed by atoms with Crippen LogP contribution in [0.2, 0.25) is 0 Å². The summed E-state index contributed by atoms with van der Waals surface area (Å²) in [6, 6.07) is 6.54. The molecule has 194 valence electrons. The zero-order valence-corrected chi connectivity index (χ0v) is 21.6. The van der Waals surface area contributed by atoms with Gasteiger partial charge >= 0.3 is 5.97 Å². The third kappa shape index (κ3) is 3.99. The molecule has 6 atom stereocenters. The van der Waals surface area contributed by atoms with E-state index in [4.69, 9.17) is 14.6 Å². The number of carbonyl (C=O) groups excluding carboxylic acids is 3. The molecule has 11 nitrogen and oxygen atoms in total. The van der Waals surface area contributed by atoms with Crippen LogP contribution in [0.25, 0.3) is 11.0 Å². The summed E-state index contributed by atoms with van der Waals surface area (Å²) >= 11 is 3.63. The molecule has 3 aliphatic heterocycles. The number of unbranched alkanes of at least 4 members (excludes halogenated alkanes) is 2. The van der Waals surface area contributed by atoms with Crippen molar-refractivity contribution in [3.05, 3.63) is 24.3 Å². The number of nitrogens with zero attached hydrogens (tertiary/aromatic N) is 4. The number of amides is 2. The second-order valence-electron chi connectivity index (χ2n) is 9.51. The van der Waals surface area contributed by atoms with E-state index in [1.165, 1.54) is 0 Å². The summed E-state index contributed by atoms with van der Waals surface area (Å²) in [5.74, 6) is -2.64. The Morgan fingerprint density at radius 1 is 1.31 bits per heavy atom. The number of aliphatic hydroxyl groups excluding tert-OH is 1. The second-order valence-corrected chi connectivity index (χ2v) is 10.7. The van der Waals surface area contributed by atoms with E-state index >= 15 is 0 Å². The number of aliphatic hydroxyl groups is 1. The van der Waals surface area contributed by atoms with Crippen molar-refractivity contribution in [3.63, 3.8) is 0 Å². The van der Waals surface area contributed by atoms with Crippen LogP contribution in [0.15, 0.2) is 24.3 Å². The fourth-order valence-electron chi connectivity index (χ4n) is 6.03. The molecule has 3 aliphatic rings. The fourth-order valence-corrected chi connectivity index (χ4v) is 6.98. The average molecular weight is 564 g/mol. The number of para-hydroxylation sites is 1. The maximum atomic E-state index is 13.7. The maximum Gasteiger partial charge on any atom is 0.312 e. The number of alkyl halides is 1. The molecule has 1 aromatic heterocycles. The summed E-state index contributed by atoms with van der Waals surface area (Å²) in [4.78, 5) is 41.8. The van der Waals surface area contributed by atoms with E-state index in [2.05, 4.69) is 31.6 Å². The molecule has 2 aromatic rings. The molecule has 2 bridgehead atoms. The molecule has 1 unspecified atom stereocenters. The van der Waals surface area contributed by atoms with Gasteiger partial charge in [0.05, 0.1) is 30.1 Å². The molecular weight excluding hydrogens is 534 g/mol. The molecular formula is C24H30BrN5O6. The van der Waals surface area contributed by atoms with Gasteiger partial charge in [0.15, 0.2) is 0 Å². The molecule has 2 N–H and O–H groups in total. The molecule has 1 spiro atoms.